The summed E-state index contributed by atoms with van der Waals surface area (Å²) in [5.74, 6) is 0.612. The molecule has 3 atom stereocenters. The van der Waals surface area contributed by atoms with E-state index in [9.17, 15) is 14.0 Å². The van der Waals surface area contributed by atoms with Gasteiger partial charge < -0.3 is 5.32 Å². The molecule has 1 aliphatic carbocycles. The summed E-state index contributed by atoms with van der Waals surface area (Å²) in [7, 11) is 0. The SMILES string of the molecule is CC(=O)c1ccc(SCC(=O)N[C@@H]2CCC[C@@H](C)[C@@H]2C)c(F)c1. The molecule has 23 heavy (non-hydrogen) atoms. The van der Waals surface area contributed by atoms with Crippen LogP contribution in [0.25, 0.3) is 0 Å². The Hall–Kier alpha value is -1.36. The number of ketones is 1. The molecule has 1 aliphatic rings. The lowest BCUT2D eigenvalue weighted by molar-refractivity contribution is -0.120. The average Bonchev–Trinajstić information content (AvgIpc) is 2.50. The van der Waals surface area contributed by atoms with E-state index in [1.807, 2.05) is 0 Å². The van der Waals surface area contributed by atoms with E-state index in [0.29, 0.717) is 22.3 Å². The monoisotopic (exact) mass is 337 g/mol. The van der Waals surface area contributed by atoms with Gasteiger partial charge in [-0.2, -0.15) is 0 Å². The molecule has 1 N–H and O–H groups in total. The molecule has 0 unspecified atom stereocenters. The van der Waals surface area contributed by atoms with Crippen LogP contribution in [0.15, 0.2) is 23.1 Å². The van der Waals surface area contributed by atoms with Crippen LogP contribution in [-0.2, 0) is 4.79 Å². The van der Waals surface area contributed by atoms with Gasteiger partial charge in [0.2, 0.25) is 5.91 Å². The number of nitrogens with one attached hydrogen (secondary N) is 1. The summed E-state index contributed by atoms with van der Waals surface area (Å²) in [5.41, 5.74) is 0.348. The molecule has 2 rings (SSSR count). The number of hydrogen-bond acceptors (Lipinski definition) is 3. The molecular formula is C18H24FNO2S. The second kappa shape index (κ2) is 7.95. The standard InChI is InChI=1S/C18H24FNO2S/c1-11-5-4-6-16(12(11)2)20-18(22)10-23-17-8-7-14(13(3)21)9-15(17)19/h7-9,11-12,16H,4-6,10H2,1-3H3,(H,20,22)/t11-,12+,16-/m1/s1. The molecule has 0 bridgehead atoms. The molecule has 3 nitrogen and oxygen atoms in total. The summed E-state index contributed by atoms with van der Waals surface area (Å²) < 4.78 is 13.9. The fourth-order valence-electron chi connectivity index (χ4n) is 3.01. The number of carbonyl (C=O) groups excluding carboxylic acids is 2. The highest BCUT2D eigenvalue weighted by Crippen LogP contribution is 2.29. The number of hydrogen-bond donors (Lipinski definition) is 1. The largest absolute Gasteiger partial charge is 0.352 e. The average molecular weight is 337 g/mol. The molecule has 5 heteroatoms. The zero-order valence-corrected chi connectivity index (χ0v) is 14.7. The summed E-state index contributed by atoms with van der Waals surface area (Å²) in [6.07, 6.45) is 3.38. The van der Waals surface area contributed by atoms with Gasteiger partial charge in [0.1, 0.15) is 5.82 Å². The van der Waals surface area contributed by atoms with Gasteiger partial charge in [0.25, 0.3) is 0 Å². The smallest absolute Gasteiger partial charge is 0.230 e. The summed E-state index contributed by atoms with van der Waals surface area (Å²) in [6, 6.07) is 4.61. The zero-order chi connectivity index (χ0) is 17.0. The molecule has 126 valence electrons. The minimum atomic E-state index is -0.449. The van der Waals surface area contributed by atoms with Crippen molar-refractivity contribution in [2.75, 3.05) is 5.75 Å². The van der Waals surface area contributed by atoms with Crippen LogP contribution in [0, 0.1) is 17.7 Å². The van der Waals surface area contributed by atoms with Crippen molar-refractivity contribution < 1.29 is 14.0 Å². The Morgan fingerprint density at radius 2 is 2.04 bits per heavy atom. The van der Waals surface area contributed by atoms with Gasteiger partial charge in [-0.3, -0.25) is 9.59 Å². The highest BCUT2D eigenvalue weighted by atomic mass is 32.2. The number of carbonyl (C=O) groups is 2. The van der Waals surface area contributed by atoms with Gasteiger partial charge in [0.05, 0.1) is 5.75 Å². The molecule has 0 spiro atoms. The van der Waals surface area contributed by atoms with Crippen LogP contribution in [0.2, 0.25) is 0 Å². The predicted octanol–water partition coefficient (Wildman–Crippen LogP) is 4.06. The van der Waals surface area contributed by atoms with Crippen molar-refractivity contribution >= 4 is 23.5 Å². The Labute approximate surface area is 141 Å². The molecule has 0 aromatic heterocycles. The van der Waals surface area contributed by atoms with Gasteiger partial charge in [-0.05, 0) is 37.3 Å². The van der Waals surface area contributed by atoms with Crippen LogP contribution in [0.4, 0.5) is 4.39 Å². The number of amides is 1. The van der Waals surface area contributed by atoms with Gasteiger partial charge in [-0.15, -0.1) is 11.8 Å². The highest BCUT2D eigenvalue weighted by Gasteiger charge is 2.28. The molecule has 1 fully saturated rings. The lowest BCUT2D eigenvalue weighted by Crippen LogP contribution is -2.44. The molecule has 0 heterocycles. The Balaban J connectivity index is 1.88. The van der Waals surface area contributed by atoms with Crippen molar-refractivity contribution in [2.45, 2.75) is 51.0 Å². The van der Waals surface area contributed by atoms with E-state index in [-0.39, 0.29) is 23.5 Å². The molecule has 1 aromatic carbocycles. The van der Waals surface area contributed by atoms with Crippen LogP contribution in [0.5, 0.6) is 0 Å². The van der Waals surface area contributed by atoms with Crippen LogP contribution in [0.3, 0.4) is 0 Å². The van der Waals surface area contributed by atoms with Crippen LogP contribution in [-0.4, -0.2) is 23.5 Å². The first-order valence-electron chi connectivity index (χ1n) is 8.11. The first-order chi connectivity index (χ1) is 10.9. The first-order valence-corrected chi connectivity index (χ1v) is 9.09. The summed E-state index contributed by atoms with van der Waals surface area (Å²) >= 11 is 1.17. The van der Waals surface area contributed by atoms with E-state index in [0.717, 1.165) is 12.8 Å². The maximum Gasteiger partial charge on any atom is 0.230 e. The van der Waals surface area contributed by atoms with Crippen LogP contribution >= 0.6 is 11.8 Å². The number of rotatable bonds is 5. The van der Waals surface area contributed by atoms with Gasteiger partial charge in [-0.1, -0.05) is 32.8 Å². The summed E-state index contributed by atoms with van der Waals surface area (Å²) in [4.78, 5) is 23.7. The minimum Gasteiger partial charge on any atom is -0.352 e. The number of Topliss-reactive ketones (excluding diaryl/α,β-unsaturated/α-hetero) is 1. The summed E-state index contributed by atoms with van der Waals surface area (Å²) in [6.45, 7) is 5.81. The van der Waals surface area contributed by atoms with E-state index in [4.69, 9.17) is 0 Å². The van der Waals surface area contributed by atoms with E-state index >= 15 is 0 Å². The van der Waals surface area contributed by atoms with Crippen LogP contribution in [0.1, 0.15) is 50.4 Å². The fraction of sp³-hybridized carbons (Fsp3) is 0.556. The molecule has 0 saturated heterocycles. The summed E-state index contributed by atoms with van der Waals surface area (Å²) in [5, 5.41) is 3.08. The molecule has 0 aliphatic heterocycles. The van der Waals surface area contributed by atoms with Crippen molar-refractivity contribution in [3.05, 3.63) is 29.6 Å². The van der Waals surface area contributed by atoms with Gasteiger partial charge in [0.15, 0.2) is 5.78 Å². The minimum absolute atomic E-state index is 0.0593. The van der Waals surface area contributed by atoms with E-state index in [2.05, 4.69) is 19.2 Å². The highest BCUT2D eigenvalue weighted by molar-refractivity contribution is 8.00. The van der Waals surface area contributed by atoms with Crippen molar-refractivity contribution in [2.24, 2.45) is 11.8 Å². The van der Waals surface area contributed by atoms with Crippen molar-refractivity contribution in [1.29, 1.82) is 0 Å². The Kier molecular flexibility index (Phi) is 6.22. The quantitative estimate of drug-likeness (QED) is 0.651. The van der Waals surface area contributed by atoms with Crippen molar-refractivity contribution in [3.63, 3.8) is 0 Å². The third-order valence-corrected chi connectivity index (χ3v) is 5.80. The lowest BCUT2D eigenvalue weighted by Gasteiger charge is -2.34. The molecule has 1 saturated carbocycles. The Morgan fingerprint density at radius 1 is 1.30 bits per heavy atom. The predicted molar refractivity (Wildman–Crippen MR) is 91.2 cm³/mol. The van der Waals surface area contributed by atoms with E-state index in [1.54, 1.807) is 12.1 Å². The normalized spacial score (nSPS) is 24.3. The van der Waals surface area contributed by atoms with E-state index < -0.39 is 5.82 Å². The topological polar surface area (TPSA) is 46.2 Å². The van der Waals surface area contributed by atoms with Gasteiger partial charge in [0, 0.05) is 16.5 Å². The number of thioether (sulfide) groups is 1. The molecule has 0 radical (unpaired) electrons. The fourth-order valence-corrected chi connectivity index (χ4v) is 3.75. The maximum atomic E-state index is 13.9. The second-order valence-corrected chi connectivity index (χ2v) is 7.45. The second-order valence-electron chi connectivity index (χ2n) is 6.43. The molecule has 1 amide bonds. The molecule has 1 aromatic rings. The lowest BCUT2D eigenvalue weighted by atomic mass is 9.78. The molecular weight excluding hydrogens is 313 g/mol. The van der Waals surface area contributed by atoms with Gasteiger partial charge >= 0.3 is 0 Å². The maximum absolute atomic E-state index is 13.9. The van der Waals surface area contributed by atoms with Crippen LogP contribution < -0.4 is 5.32 Å². The Morgan fingerprint density at radius 3 is 2.70 bits per heavy atom. The third-order valence-electron chi connectivity index (χ3n) is 4.75. The van der Waals surface area contributed by atoms with Crippen molar-refractivity contribution in [1.82, 2.24) is 5.32 Å². The zero-order valence-electron chi connectivity index (χ0n) is 13.9. The first kappa shape index (κ1) is 18.0. The Bertz CT molecular complexity index is 590. The third kappa shape index (κ3) is 4.80. The van der Waals surface area contributed by atoms with E-state index in [1.165, 1.54) is 31.2 Å². The number of halogens is 1. The van der Waals surface area contributed by atoms with Gasteiger partial charge in [-0.25, -0.2) is 4.39 Å². The number of benzene rings is 1. The van der Waals surface area contributed by atoms with Crippen molar-refractivity contribution in [3.8, 4) is 0 Å².